The van der Waals surface area contributed by atoms with Gasteiger partial charge in [0.05, 0.1) is 12.9 Å². The second kappa shape index (κ2) is 4.94. The summed E-state index contributed by atoms with van der Waals surface area (Å²) in [7, 11) is 1.72. The molecule has 2 heterocycles. The van der Waals surface area contributed by atoms with Crippen LogP contribution in [-0.2, 0) is 13.6 Å². The van der Waals surface area contributed by atoms with Crippen molar-refractivity contribution in [2.45, 2.75) is 13.0 Å². The molecule has 8 heteroatoms. The fraction of sp³-hybridized carbons (Fsp3) is 0.400. The van der Waals surface area contributed by atoms with Crippen molar-refractivity contribution in [1.29, 1.82) is 0 Å². The van der Waals surface area contributed by atoms with Crippen LogP contribution in [0.5, 0.6) is 0 Å². The van der Waals surface area contributed by atoms with Crippen LogP contribution in [0.1, 0.15) is 16.9 Å². The lowest BCUT2D eigenvalue weighted by molar-refractivity contribution is 0.0691. The van der Waals surface area contributed by atoms with Gasteiger partial charge >= 0.3 is 5.97 Å². The van der Waals surface area contributed by atoms with Crippen molar-refractivity contribution in [2.24, 2.45) is 7.05 Å². The minimum atomic E-state index is -1.17. The number of hydrogen-bond donors (Lipinski definition) is 1. The van der Waals surface area contributed by atoms with Gasteiger partial charge < -0.3 is 5.11 Å². The highest BCUT2D eigenvalue weighted by molar-refractivity contribution is 5.92. The Labute approximate surface area is 102 Å². The summed E-state index contributed by atoms with van der Waals surface area (Å²) in [6, 6.07) is 0. The number of aryl methyl sites for hydroxylation is 2. The Hall–Kier alpha value is -2.25. The average Bonchev–Trinajstić information content (AvgIpc) is 2.91. The van der Waals surface area contributed by atoms with Gasteiger partial charge in [0, 0.05) is 25.4 Å². The smallest absolute Gasteiger partial charge is 0.358 e. The summed E-state index contributed by atoms with van der Waals surface area (Å²) in [6.07, 6.45) is 3.45. The molecule has 0 aliphatic carbocycles. The Morgan fingerprint density at radius 2 is 2.33 bits per heavy atom. The van der Waals surface area contributed by atoms with E-state index in [0.717, 1.165) is 0 Å². The molecular formula is C10H12FN5O2. The first-order valence-electron chi connectivity index (χ1n) is 5.35. The molecule has 0 aromatic carbocycles. The highest BCUT2D eigenvalue weighted by Crippen LogP contribution is 2.21. The van der Waals surface area contributed by atoms with Gasteiger partial charge in [-0.3, -0.25) is 9.07 Å². The van der Waals surface area contributed by atoms with Gasteiger partial charge in [-0.05, 0) is 6.42 Å². The number of carboxylic acid groups (broad SMARTS) is 1. The lowest BCUT2D eigenvalue weighted by Crippen LogP contribution is -2.05. The monoisotopic (exact) mass is 253 g/mol. The molecule has 0 unspecified atom stereocenters. The summed E-state index contributed by atoms with van der Waals surface area (Å²) in [5.74, 6) is -1.17. The van der Waals surface area contributed by atoms with Crippen LogP contribution in [0.15, 0.2) is 12.4 Å². The molecule has 7 nitrogen and oxygen atoms in total. The Bertz CT molecular complexity index is 562. The molecule has 0 radical (unpaired) electrons. The first-order valence-corrected chi connectivity index (χ1v) is 5.35. The zero-order chi connectivity index (χ0) is 13.1. The number of nitrogens with zero attached hydrogens (tertiary/aromatic N) is 5. The Kier molecular flexibility index (Phi) is 3.35. The van der Waals surface area contributed by atoms with Crippen LogP contribution in [0.4, 0.5) is 4.39 Å². The number of carboxylic acids is 1. The van der Waals surface area contributed by atoms with E-state index in [9.17, 15) is 9.18 Å². The fourth-order valence-electron chi connectivity index (χ4n) is 1.65. The number of aromatic nitrogens is 5. The molecule has 2 aromatic heterocycles. The average molecular weight is 253 g/mol. The Morgan fingerprint density at radius 1 is 1.56 bits per heavy atom. The molecule has 0 bridgehead atoms. The zero-order valence-corrected chi connectivity index (χ0v) is 9.75. The second-order valence-corrected chi connectivity index (χ2v) is 3.76. The predicted molar refractivity (Wildman–Crippen MR) is 59.8 cm³/mol. The molecular weight excluding hydrogens is 241 g/mol. The summed E-state index contributed by atoms with van der Waals surface area (Å²) in [4.78, 5) is 11.1. The van der Waals surface area contributed by atoms with Crippen molar-refractivity contribution in [1.82, 2.24) is 24.8 Å². The number of halogens is 1. The molecule has 2 aromatic rings. The van der Waals surface area contributed by atoms with Gasteiger partial charge in [0.25, 0.3) is 0 Å². The minimum Gasteiger partial charge on any atom is -0.476 e. The predicted octanol–water partition coefficient (Wildman–Crippen LogP) is 0.736. The van der Waals surface area contributed by atoms with Gasteiger partial charge in [0.15, 0.2) is 5.69 Å². The topological polar surface area (TPSA) is 85.8 Å². The third-order valence-corrected chi connectivity index (χ3v) is 2.42. The van der Waals surface area contributed by atoms with Crippen molar-refractivity contribution in [3.05, 3.63) is 18.1 Å². The molecule has 0 spiro atoms. The highest BCUT2D eigenvalue weighted by Gasteiger charge is 2.21. The van der Waals surface area contributed by atoms with Crippen molar-refractivity contribution >= 4 is 5.97 Å². The van der Waals surface area contributed by atoms with Crippen LogP contribution in [0.3, 0.4) is 0 Å². The van der Waals surface area contributed by atoms with Gasteiger partial charge in [-0.1, -0.05) is 5.21 Å². The third-order valence-electron chi connectivity index (χ3n) is 2.42. The number of carbonyl (C=O) groups is 1. The highest BCUT2D eigenvalue weighted by atomic mass is 19.1. The van der Waals surface area contributed by atoms with Crippen molar-refractivity contribution in [3.63, 3.8) is 0 Å². The quantitative estimate of drug-likeness (QED) is 0.849. The first-order chi connectivity index (χ1) is 8.63. The van der Waals surface area contributed by atoms with Gasteiger partial charge in [0.2, 0.25) is 0 Å². The molecule has 0 aliphatic rings. The first kappa shape index (κ1) is 12.2. The SMILES string of the molecule is Cn1cc(-c2c(C(=O)O)nnn2CCCF)cn1. The molecule has 0 fully saturated rings. The number of rotatable bonds is 5. The molecule has 96 valence electrons. The van der Waals surface area contributed by atoms with E-state index in [4.69, 9.17) is 5.11 Å². The Balaban J connectivity index is 2.46. The molecule has 0 amide bonds. The van der Waals surface area contributed by atoms with Crippen molar-refractivity contribution in [2.75, 3.05) is 6.67 Å². The molecule has 0 saturated heterocycles. The maximum absolute atomic E-state index is 12.2. The normalized spacial score (nSPS) is 10.8. The van der Waals surface area contributed by atoms with Gasteiger partial charge in [-0.2, -0.15) is 5.10 Å². The number of aromatic carboxylic acids is 1. The molecule has 0 aliphatic heterocycles. The summed E-state index contributed by atoms with van der Waals surface area (Å²) in [6.45, 7) is -0.213. The standard InChI is InChI=1S/C10H12FN5O2/c1-15-6-7(5-12-15)9-8(10(17)18)13-14-16(9)4-2-3-11/h5-6H,2-4H2,1H3,(H,17,18). The van der Waals surface area contributed by atoms with Crippen LogP contribution in [0.2, 0.25) is 0 Å². The van der Waals surface area contributed by atoms with E-state index >= 15 is 0 Å². The summed E-state index contributed by atoms with van der Waals surface area (Å²) < 4.78 is 15.1. The number of alkyl halides is 1. The van der Waals surface area contributed by atoms with Gasteiger partial charge in [0.1, 0.15) is 5.69 Å². The summed E-state index contributed by atoms with van der Waals surface area (Å²) in [5.41, 5.74) is 0.796. The molecule has 0 saturated carbocycles. The molecule has 1 N–H and O–H groups in total. The maximum atomic E-state index is 12.2. The van der Waals surface area contributed by atoms with E-state index in [1.54, 1.807) is 17.9 Å². The molecule has 2 rings (SSSR count). The van der Waals surface area contributed by atoms with E-state index in [0.29, 0.717) is 11.3 Å². The van der Waals surface area contributed by atoms with Crippen molar-refractivity contribution in [3.8, 4) is 11.3 Å². The largest absolute Gasteiger partial charge is 0.476 e. The van der Waals surface area contributed by atoms with E-state index in [2.05, 4.69) is 15.4 Å². The number of hydrogen-bond acceptors (Lipinski definition) is 4. The Morgan fingerprint density at radius 3 is 2.89 bits per heavy atom. The zero-order valence-electron chi connectivity index (χ0n) is 9.75. The van der Waals surface area contributed by atoms with E-state index < -0.39 is 12.6 Å². The van der Waals surface area contributed by atoms with E-state index in [-0.39, 0.29) is 18.7 Å². The third kappa shape index (κ3) is 2.22. The van der Waals surface area contributed by atoms with E-state index in [1.165, 1.54) is 10.9 Å². The second-order valence-electron chi connectivity index (χ2n) is 3.76. The molecule has 0 atom stereocenters. The lowest BCUT2D eigenvalue weighted by atomic mass is 10.2. The van der Waals surface area contributed by atoms with Crippen LogP contribution in [0, 0.1) is 0 Å². The van der Waals surface area contributed by atoms with E-state index in [1.807, 2.05) is 0 Å². The minimum absolute atomic E-state index is 0.151. The fourth-order valence-corrected chi connectivity index (χ4v) is 1.65. The lowest BCUT2D eigenvalue weighted by Gasteiger charge is -2.03. The molecule has 18 heavy (non-hydrogen) atoms. The maximum Gasteiger partial charge on any atom is 0.358 e. The van der Waals surface area contributed by atoms with Gasteiger partial charge in [-0.15, -0.1) is 5.10 Å². The van der Waals surface area contributed by atoms with Crippen LogP contribution >= 0.6 is 0 Å². The summed E-state index contributed by atoms with van der Waals surface area (Å²) in [5, 5.41) is 20.4. The van der Waals surface area contributed by atoms with Crippen LogP contribution in [0.25, 0.3) is 11.3 Å². The van der Waals surface area contributed by atoms with Crippen LogP contribution in [-0.4, -0.2) is 42.5 Å². The van der Waals surface area contributed by atoms with Crippen LogP contribution < -0.4 is 0 Å². The van der Waals surface area contributed by atoms with Crippen molar-refractivity contribution < 1.29 is 14.3 Å². The van der Waals surface area contributed by atoms with Gasteiger partial charge in [-0.25, -0.2) is 9.48 Å². The summed E-state index contributed by atoms with van der Waals surface area (Å²) >= 11 is 0.